The molecule has 0 unspecified atom stereocenters. The quantitative estimate of drug-likeness (QED) is 0.392. The van der Waals surface area contributed by atoms with Crippen LogP contribution in [0.5, 0.6) is 0 Å². The first-order valence-corrected chi connectivity index (χ1v) is 14.5. The van der Waals surface area contributed by atoms with E-state index < -0.39 is 0 Å². The van der Waals surface area contributed by atoms with Crippen LogP contribution in [0.25, 0.3) is 0 Å². The average Bonchev–Trinajstić information content (AvgIpc) is 3.16. The van der Waals surface area contributed by atoms with Crippen LogP contribution in [-0.4, -0.2) is 46.8 Å². The molecule has 0 radical (unpaired) electrons. The summed E-state index contributed by atoms with van der Waals surface area (Å²) in [6.07, 6.45) is 7.43. The molecule has 6 nitrogen and oxygen atoms in total. The molecule has 4 aliphatic carbocycles. The molecule has 0 aliphatic heterocycles. The molecule has 2 amide bonds. The maximum Gasteiger partial charge on any atom is 0.239 e. The Morgan fingerprint density at radius 2 is 1.81 bits per heavy atom. The van der Waals surface area contributed by atoms with Gasteiger partial charge >= 0.3 is 0 Å². The lowest BCUT2D eigenvalue weighted by atomic mass is 9.43. The molecule has 0 spiro atoms. The van der Waals surface area contributed by atoms with Crippen LogP contribution >= 0.6 is 0 Å². The van der Waals surface area contributed by atoms with E-state index in [1.54, 1.807) is 0 Å². The van der Waals surface area contributed by atoms with Gasteiger partial charge in [0.2, 0.25) is 11.8 Å². The summed E-state index contributed by atoms with van der Waals surface area (Å²) in [5.41, 5.74) is 1.27. The molecule has 4 rings (SSSR count). The molecular formula is C30H50N2O4. The Labute approximate surface area is 218 Å². The highest BCUT2D eigenvalue weighted by atomic mass is 16.3. The summed E-state index contributed by atoms with van der Waals surface area (Å²) < 4.78 is 0. The Kier molecular flexibility index (Phi) is 7.98. The van der Waals surface area contributed by atoms with Gasteiger partial charge < -0.3 is 20.8 Å². The summed E-state index contributed by atoms with van der Waals surface area (Å²) in [7, 11) is 0. The van der Waals surface area contributed by atoms with Crippen molar-refractivity contribution in [2.45, 2.75) is 111 Å². The molecule has 0 aromatic heterocycles. The van der Waals surface area contributed by atoms with E-state index in [0.717, 1.165) is 51.4 Å². The van der Waals surface area contributed by atoms with Gasteiger partial charge in [-0.1, -0.05) is 32.9 Å². The summed E-state index contributed by atoms with van der Waals surface area (Å²) in [4.78, 5) is 24.3. The van der Waals surface area contributed by atoms with Gasteiger partial charge in [-0.15, -0.1) is 0 Å². The van der Waals surface area contributed by atoms with Crippen molar-refractivity contribution < 1.29 is 19.8 Å². The van der Waals surface area contributed by atoms with Crippen molar-refractivity contribution in [3.63, 3.8) is 0 Å². The fourth-order valence-corrected chi connectivity index (χ4v) is 9.26. The monoisotopic (exact) mass is 502 g/mol. The number of amides is 2. The van der Waals surface area contributed by atoms with Gasteiger partial charge in [-0.05, 0) is 112 Å². The van der Waals surface area contributed by atoms with Crippen LogP contribution in [0.4, 0.5) is 0 Å². The highest BCUT2D eigenvalue weighted by Gasteiger charge is 2.65. The van der Waals surface area contributed by atoms with Gasteiger partial charge in [0.1, 0.15) is 0 Å². The number of allylic oxidation sites excluding steroid dienone is 1. The molecule has 204 valence electrons. The summed E-state index contributed by atoms with van der Waals surface area (Å²) in [6, 6.07) is 0.0562. The van der Waals surface area contributed by atoms with Crippen molar-refractivity contribution >= 4 is 11.8 Å². The molecule has 0 bridgehead atoms. The lowest BCUT2D eigenvalue weighted by Crippen LogP contribution is -2.61. The maximum absolute atomic E-state index is 12.4. The molecule has 4 N–H and O–H groups in total. The third-order valence-electron chi connectivity index (χ3n) is 11.2. The predicted octanol–water partition coefficient (Wildman–Crippen LogP) is 4.20. The zero-order valence-electron chi connectivity index (χ0n) is 23.2. The number of carbonyl (C=O) groups excluding carboxylic acids is 2. The van der Waals surface area contributed by atoms with Crippen LogP contribution in [0.2, 0.25) is 0 Å². The molecule has 0 heterocycles. The molecule has 0 aromatic rings. The van der Waals surface area contributed by atoms with Crippen molar-refractivity contribution in [2.75, 3.05) is 6.54 Å². The van der Waals surface area contributed by atoms with Crippen molar-refractivity contribution in [1.29, 1.82) is 0 Å². The van der Waals surface area contributed by atoms with Crippen molar-refractivity contribution in [2.24, 2.45) is 46.3 Å². The van der Waals surface area contributed by atoms with Gasteiger partial charge in [0.25, 0.3) is 0 Å². The maximum atomic E-state index is 12.4. The largest absolute Gasteiger partial charge is 0.393 e. The van der Waals surface area contributed by atoms with E-state index in [1.807, 2.05) is 13.8 Å². The lowest BCUT2D eigenvalue weighted by molar-refractivity contribution is -0.198. The number of nitrogens with one attached hydrogen (secondary N) is 2. The van der Waals surface area contributed by atoms with Crippen LogP contribution in [0.1, 0.15) is 92.4 Å². The summed E-state index contributed by atoms with van der Waals surface area (Å²) in [6.45, 7) is 15.0. The van der Waals surface area contributed by atoms with Crippen molar-refractivity contribution in [1.82, 2.24) is 10.6 Å². The lowest BCUT2D eigenvalue weighted by Gasteiger charge is -2.63. The van der Waals surface area contributed by atoms with Crippen LogP contribution in [0.15, 0.2) is 12.2 Å². The molecule has 4 aliphatic rings. The van der Waals surface area contributed by atoms with Crippen LogP contribution < -0.4 is 10.6 Å². The molecule has 4 saturated carbocycles. The summed E-state index contributed by atoms with van der Waals surface area (Å²) in [5.74, 6) is 1.79. The van der Waals surface area contributed by atoms with Gasteiger partial charge in [0.05, 0.1) is 18.8 Å². The van der Waals surface area contributed by atoms with Gasteiger partial charge in [0.15, 0.2) is 0 Å². The Morgan fingerprint density at radius 1 is 1.08 bits per heavy atom. The first kappa shape index (κ1) is 27.6. The second-order valence-electron chi connectivity index (χ2n) is 13.6. The standard InChI is InChI=1S/C30H50N2O4/c1-17(2)32-27(36)16-31-26(35)10-7-19(4)21-8-9-22-28-23(15-25(34)30(21,22)6)29(5)12-11-18(3)13-20(29)14-24(28)33/h17,19-25,28,33-34H,3,7-16H2,1-2,4-6H3,(H,31,35)(H,32,36)/t19-,20+,21-,22+,23+,24-,25+,28+,29+,30-/m0/s1. The Bertz CT molecular complexity index is 858. The van der Waals surface area contributed by atoms with Crippen molar-refractivity contribution in [3.8, 4) is 0 Å². The minimum atomic E-state index is -0.375. The van der Waals surface area contributed by atoms with Gasteiger partial charge in [-0.3, -0.25) is 9.59 Å². The molecule has 10 atom stereocenters. The van der Waals surface area contributed by atoms with Gasteiger partial charge in [-0.25, -0.2) is 0 Å². The van der Waals surface area contributed by atoms with E-state index >= 15 is 0 Å². The highest BCUT2D eigenvalue weighted by Crippen LogP contribution is 2.68. The molecule has 36 heavy (non-hydrogen) atoms. The normalized spacial score (nSPS) is 42.8. The minimum Gasteiger partial charge on any atom is -0.393 e. The van der Waals surface area contributed by atoms with Crippen molar-refractivity contribution in [3.05, 3.63) is 12.2 Å². The fraction of sp³-hybridized carbons (Fsp3) is 0.867. The minimum absolute atomic E-state index is 0.0153. The molecule has 0 aromatic carbocycles. The summed E-state index contributed by atoms with van der Waals surface area (Å²) >= 11 is 0. The van der Waals surface area contributed by atoms with Gasteiger partial charge in [0, 0.05) is 12.5 Å². The Morgan fingerprint density at radius 3 is 2.50 bits per heavy atom. The smallest absolute Gasteiger partial charge is 0.239 e. The first-order chi connectivity index (χ1) is 16.9. The topological polar surface area (TPSA) is 98.7 Å². The number of hydrogen-bond acceptors (Lipinski definition) is 4. The number of hydrogen-bond donors (Lipinski definition) is 4. The average molecular weight is 503 g/mol. The zero-order chi connectivity index (χ0) is 26.4. The number of fused-ring (bicyclic) bond motifs is 5. The van der Waals surface area contributed by atoms with E-state index in [2.05, 4.69) is 38.0 Å². The second-order valence-corrected chi connectivity index (χ2v) is 13.6. The fourth-order valence-electron chi connectivity index (χ4n) is 9.26. The third-order valence-corrected chi connectivity index (χ3v) is 11.2. The first-order valence-electron chi connectivity index (χ1n) is 14.5. The molecule has 4 fully saturated rings. The molecular weight excluding hydrogens is 452 g/mol. The van der Waals surface area contributed by atoms with Crippen LogP contribution in [0.3, 0.4) is 0 Å². The number of carbonyl (C=O) groups is 2. The van der Waals surface area contributed by atoms with E-state index in [1.165, 1.54) is 5.57 Å². The van der Waals surface area contributed by atoms with Crippen LogP contribution in [-0.2, 0) is 9.59 Å². The molecule has 0 saturated heterocycles. The Hall–Kier alpha value is -1.40. The zero-order valence-corrected chi connectivity index (χ0v) is 23.2. The number of rotatable bonds is 7. The molecule has 6 heteroatoms. The Balaban J connectivity index is 1.41. The van der Waals surface area contributed by atoms with E-state index in [9.17, 15) is 19.8 Å². The number of aliphatic hydroxyl groups excluding tert-OH is 2. The third kappa shape index (κ3) is 4.89. The SMILES string of the molecule is C=C1CC[C@]2(C)[C@H](C1)C[C@H](O)[C@H]1[C@H]2C[C@@H](O)[C@]2(C)[C@@H]1CC[C@H]2[C@@H](C)CCC(=O)NCC(=O)NC(C)C. The van der Waals surface area contributed by atoms with E-state index in [4.69, 9.17) is 0 Å². The predicted molar refractivity (Wildman–Crippen MR) is 142 cm³/mol. The van der Waals surface area contributed by atoms with Gasteiger partial charge in [-0.2, -0.15) is 0 Å². The second kappa shape index (κ2) is 10.4. The highest BCUT2D eigenvalue weighted by molar-refractivity contribution is 5.84. The van der Waals surface area contributed by atoms with Crippen LogP contribution in [0, 0.1) is 46.3 Å². The summed E-state index contributed by atoms with van der Waals surface area (Å²) in [5, 5.41) is 28.7. The van der Waals surface area contributed by atoms with E-state index in [0.29, 0.717) is 36.0 Å². The van der Waals surface area contributed by atoms with E-state index in [-0.39, 0.29) is 53.4 Å². The number of aliphatic hydroxyl groups is 2.